The van der Waals surface area contributed by atoms with Gasteiger partial charge in [-0.25, -0.2) is 9.18 Å². The number of hydrogen-bond acceptors (Lipinski definition) is 3. The molecule has 0 N–H and O–H groups in total. The molecular formula is C15H20FNO3. The van der Waals surface area contributed by atoms with Crippen molar-refractivity contribution in [2.24, 2.45) is 0 Å². The quantitative estimate of drug-likeness (QED) is 0.794. The summed E-state index contributed by atoms with van der Waals surface area (Å²) in [5.74, 6) is -0.322. The normalized spacial score (nSPS) is 19.8. The van der Waals surface area contributed by atoms with Gasteiger partial charge in [-0.05, 0) is 38.5 Å². The van der Waals surface area contributed by atoms with Crippen molar-refractivity contribution in [1.29, 1.82) is 0 Å². The van der Waals surface area contributed by atoms with E-state index >= 15 is 0 Å². The Balaban J connectivity index is 2.19. The molecule has 1 heterocycles. The zero-order valence-electron chi connectivity index (χ0n) is 12.1. The zero-order chi connectivity index (χ0) is 14.8. The molecule has 2 rings (SSSR count). The highest BCUT2D eigenvalue weighted by Crippen LogP contribution is 2.26. The van der Waals surface area contributed by atoms with Crippen LogP contribution in [0.25, 0.3) is 0 Å². The fourth-order valence-corrected chi connectivity index (χ4v) is 2.13. The van der Waals surface area contributed by atoms with Gasteiger partial charge in [0.1, 0.15) is 11.4 Å². The minimum absolute atomic E-state index is 0.311. The Morgan fingerprint density at radius 2 is 2.20 bits per heavy atom. The van der Waals surface area contributed by atoms with Crippen molar-refractivity contribution in [2.45, 2.75) is 32.4 Å². The minimum Gasteiger partial charge on any atom is -0.444 e. The first kappa shape index (κ1) is 14.8. The summed E-state index contributed by atoms with van der Waals surface area (Å²) in [6, 6.07) is 5.92. The summed E-state index contributed by atoms with van der Waals surface area (Å²) >= 11 is 0. The molecule has 1 saturated heterocycles. The number of amides is 1. The highest BCUT2D eigenvalue weighted by atomic mass is 19.1. The maximum Gasteiger partial charge on any atom is 0.410 e. The third kappa shape index (κ3) is 3.70. The molecule has 0 bridgehead atoms. The Labute approximate surface area is 118 Å². The van der Waals surface area contributed by atoms with Crippen molar-refractivity contribution in [3.8, 4) is 0 Å². The average Bonchev–Trinajstić information content (AvgIpc) is 2.37. The summed E-state index contributed by atoms with van der Waals surface area (Å²) in [7, 11) is 0. The number of ether oxygens (including phenoxy) is 2. The molecule has 110 valence electrons. The van der Waals surface area contributed by atoms with Crippen molar-refractivity contribution in [3.05, 3.63) is 35.6 Å². The standard InChI is InChI=1S/C15H20FNO3/c1-15(2,3)20-14(18)17-7-8-19-10-13(17)11-5-4-6-12(16)9-11/h4-6,9,13H,7-8,10H2,1-3H3. The van der Waals surface area contributed by atoms with E-state index in [1.54, 1.807) is 17.0 Å². The van der Waals surface area contributed by atoms with Gasteiger partial charge in [0.2, 0.25) is 0 Å². The van der Waals surface area contributed by atoms with Crippen LogP contribution >= 0.6 is 0 Å². The summed E-state index contributed by atoms with van der Waals surface area (Å²) in [5.41, 5.74) is 0.164. The van der Waals surface area contributed by atoms with Crippen LogP contribution in [-0.2, 0) is 9.47 Å². The molecule has 0 radical (unpaired) electrons. The minimum atomic E-state index is -0.554. The van der Waals surface area contributed by atoms with E-state index in [4.69, 9.17) is 9.47 Å². The third-order valence-electron chi connectivity index (χ3n) is 2.99. The fraction of sp³-hybridized carbons (Fsp3) is 0.533. The van der Waals surface area contributed by atoms with Gasteiger partial charge < -0.3 is 9.47 Å². The Morgan fingerprint density at radius 3 is 2.85 bits per heavy atom. The lowest BCUT2D eigenvalue weighted by atomic mass is 10.1. The van der Waals surface area contributed by atoms with E-state index < -0.39 is 11.7 Å². The van der Waals surface area contributed by atoms with E-state index in [9.17, 15) is 9.18 Å². The second-order valence-electron chi connectivity index (χ2n) is 5.82. The molecule has 1 amide bonds. The lowest BCUT2D eigenvalue weighted by Gasteiger charge is -2.36. The maximum atomic E-state index is 13.3. The summed E-state index contributed by atoms with van der Waals surface area (Å²) in [4.78, 5) is 13.8. The Bertz CT molecular complexity index is 484. The van der Waals surface area contributed by atoms with E-state index in [0.717, 1.165) is 5.56 Å². The largest absolute Gasteiger partial charge is 0.444 e. The summed E-state index contributed by atoms with van der Waals surface area (Å²) < 4.78 is 24.2. The molecule has 1 aromatic carbocycles. The highest BCUT2D eigenvalue weighted by molar-refractivity contribution is 5.69. The predicted octanol–water partition coefficient (Wildman–Crippen LogP) is 3.13. The molecule has 4 nitrogen and oxygen atoms in total. The zero-order valence-corrected chi connectivity index (χ0v) is 12.1. The van der Waals surface area contributed by atoms with Crippen LogP contribution in [-0.4, -0.2) is 36.4 Å². The number of hydrogen-bond donors (Lipinski definition) is 0. The molecule has 20 heavy (non-hydrogen) atoms. The summed E-state index contributed by atoms with van der Waals surface area (Å²) in [6.07, 6.45) is -0.393. The first-order valence-corrected chi connectivity index (χ1v) is 6.70. The summed E-state index contributed by atoms with van der Waals surface area (Å²) in [6.45, 7) is 6.72. The van der Waals surface area contributed by atoms with Gasteiger partial charge in [-0.1, -0.05) is 12.1 Å². The highest BCUT2D eigenvalue weighted by Gasteiger charge is 2.32. The van der Waals surface area contributed by atoms with E-state index in [-0.39, 0.29) is 11.9 Å². The molecule has 1 aliphatic heterocycles. The molecule has 0 spiro atoms. The second-order valence-corrected chi connectivity index (χ2v) is 5.82. The van der Waals surface area contributed by atoms with E-state index in [2.05, 4.69) is 0 Å². The van der Waals surface area contributed by atoms with E-state index in [1.807, 2.05) is 20.8 Å². The number of carbonyl (C=O) groups excluding carboxylic acids is 1. The van der Waals surface area contributed by atoms with Crippen molar-refractivity contribution in [1.82, 2.24) is 4.90 Å². The van der Waals surface area contributed by atoms with Crippen LogP contribution in [0, 0.1) is 5.82 Å². The van der Waals surface area contributed by atoms with Gasteiger partial charge >= 0.3 is 6.09 Å². The van der Waals surface area contributed by atoms with Crippen LogP contribution in [0.4, 0.5) is 9.18 Å². The van der Waals surface area contributed by atoms with E-state index in [1.165, 1.54) is 12.1 Å². The van der Waals surface area contributed by atoms with Crippen molar-refractivity contribution < 1.29 is 18.7 Å². The maximum absolute atomic E-state index is 13.3. The van der Waals surface area contributed by atoms with Crippen LogP contribution in [0.3, 0.4) is 0 Å². The SMILES string of the molecule is CC(C)(C)OC(=O)N1CCOCC1c1cccc(F)c1. The first-order chi connectivity index (χ1) is 9.37. The topological polar surface area (TPSA) is 38.8 Å². The van der Waals surface area contributed by atoms with Crippen molar-refractivity contribution in [3.63, 3.8) is 0 Å². The van der Waals surface area contributed by atoms with Crippen molar-refractivity contribution in [2.75, 3.05) is 19.8 Å². The molecular weight excluding hydrogens is 261 g/mol. The van der Waals surface area contributed by atoms with Gasteiger partial charge in [-0.3, -0.25) is 4.90 Å². The van der Waals surface area contributed by atoms with Crippen LogP contribution in [0.5, 0.6) is 0 Å². The molecule has 1 unspecified atom stereocenters. The lowest BCUT2D eigenvalue weighted by Crippen LogP contribution is -2.45. The molecule has 0 saturated carbocycles. The van der Waals surface area contributed by atoms with Gasteiger partial charge in [-0.15, -0.1) is 0 Å². The molecule has 0 aromatic heterocycles. The molecule has 1 aliphatic rings. The van der Waals surface area contributed by atoms with Crippen LogP contribution in [0.15, 0.2) is 24.3 Å². The van der Waals surface area contributed by atoms with Gasteiger partial charge in [0, 0.05) is 6.54 Å². The van der Waals surface area contributed by atoms with Gasteiger partial charge in [0.05, 0.1) is 19.3 Å². The number of rotatable bonds is 1. The van der Waals surface area contributed by atoms with Crippen LogP contribution < -0.4 is 0 Å². The molecule has 5 heteroatoms. The molecule has 1 fully saturated rings. The molecule has 1 aromatic rings. The van der Waals surface area contributed by atoms with Crippen molar-refractivity contribution >= 4 is 6.09 Å². The average molecular weight is 281 g/mol. The first-order valence-electron chi connectivity index (χ1n) is 6.70. The Morgan fingerprint density at radius 1 is 1.45 bits per heavy atom. The lowest BCUT2D eigenvalue weighted by molar-refractivity contribution is -0.0331. The third-order valence-corrected chi connectivity index (χ3v) is 2.99. The number of morpholine rings is 1. The van der Waals surface area contributed by atoms with Crippen LogP contribution in [0.1, 0.15) is 32.4 Å². The number of carbonyl (C=O) groups is 1. The van der Waals surface area contributed by atoms with Gasteiger partial charge in [-0.2, -0.15) is 0 Å². The Hall–Kier alpha value is -1.62. The van der Waals surface area contributed by atoms with Crippen LogP contribution in [0.2, 0.25) is 0 Å². The smallest absolute Gasteiger partial charge is 0.410 e. The number of nitrogens with zero attached hydrogens (tertiary/aromatic N) is 1. The second kappa shape index (κ2) is 5.79. The number of halogens is 1. The van der Waals surface area contributed by atoms with Gasteiger partial charge in [0.15, 0.2) is 0 Å². The number of benzene rings is 1. The van der Waals surface area contributed by atoms with E-state index in [0.29, 0.717) is 19.8 Å². The Kier molecular flexibility index (Phi) is 4.28. The van der Waals surface area contributed by atoms with Gasteiger partial charge in [0.25, 0.3) is 0 Å². The summed E-state index contributed by atoms with van der Waals surface area (Å²) in [5, 5.41) is 0. The molecule has 0 aliphatic carbocycles. The molecule has 1 atom stereocenters. The predicted molar refractivity (Wildman–Crippen MR) is 72.9 cm³/mol. The monoisotopic (exact) mass is 281 g/mol. The fourth-order valence-electron chi connectivity index (χ4n) is 2.13.